The Morgan fingerprint density at radius 3 is 2.88 bits per heavy atom. The fourth-order valence-corrected chi connectivity index (χ4v) is 2.49. The number of benzene rings is 1. The number of hydrogen-bond donors (Lipinski definition) is 1. The summed E-state index contributed by atoms with van der Waals surface area (Å²) in [5, 5.41) is 3.41. The van der Waals surface area contributed by atoms with Crippen molar-refractivity contribution in [3.05, 3.63) is 30.1 Å². The number of anilines is 1. The molecule has 1 unspecified atom stereocenters. The van der Waals surface area contributed by atoms with Gasteiger partial charge in [-0.15, -0.1) is 0 Å². The molecule has 0 bridgehead atoms. The first-order chi connectivity index (χ1) is 7.81. The van der Waals surface area contributed by atoms with Gasteiger partial charge in [0.25, 0.3) is 0 Å². The second kappa shape index (κ2) is 4.06. The van der Waals surface area contributed by atoms with Crippen molar-refractivity contribution in [1.82, 2.24) is 4.90 Å². The van der Waals surface area contributed by atoms with E-state index in [0.29, 0.717) is 6.04 Å². The summed E-state index contributed by atoms with van der Waals surface area (Å²) >= 11 is 0. The van der Waals surface area contributed by atoms with Crippen LogP contribution >= 0.6 is 0 Å². The van der Waals surface area contributed by atoms with E-state index in [4.69, 9.17) is 0 Å². The van der Waals surface area contributed by atoms with E-state index in [9.17, 15) is 4.39 Å². The number of likely N-dealkylation sites (tertiary alicyclic amines) is 1. The molecule has 3 heteroatoms. The third kappa shape index (κ3) is 2.19. The first-order valence-corrected chi connectivity index (χ1v) is 6.07. The summed E-state index contributed by atoms with van der Waals surface area (Å²) in [6.07, 6.45) is 3.91. The van der Waals surface area contributed by atoms with Crippen molar-refractivity contribution in [2.24, 2.45) is 0 Å². The zero-order valence-electron chi connectivity index (χ0n) is 9.32. The molecule has 0 spiro atoms. The Labute approximate surface area is 95.4 Å². The summed E-state index contributed by atoms with van der Waals surface area (Å²) in [7, 11) is 0. The van der Waals surface area contributed by atoms with Crippen molar-refractivity contribution in [3.63, 3.8) is 0 Å². The highest BCUT2D eigenvalue weighted by Crippen LogP contribution is 2.30. The summed E-state index contributed by atoms with van der Waals surface area (Å²) in [6, 6.07) is 8.08. The molecule has 0 aromatic heterocycles. The molecule has 2 nitrogen and oxygen atoms in total. The van der Waals surface area contributed by atoms with Crippen molar-refractivity contribution in [3.8, 4) is 0 Å². The third-order valence-corrected chi connectivity index (χ3v) is 3.48. The molecule has 0 radical (unpaired) electrons. The van der Waals surface area contributed by atoms with Gasteiger partial charge in [0.15, 0.2) is 0 Å². The zero-order valence-corrected chi connectivity index (χ0v) is 9.32. The highest BCUT2D eigenvalue weighted by molar-refractivity contribution is 5.44. The molecule has 16 heavy (non-hydrogen) atoms. The first kappa shape index (κ1) is 10.1. The van der Waals surface area contributed by atoms with Crippen molar-refractivity contribution >= 4 is 5.69 Å². The molecule has 2 fully saturated rings. The summed E-state index contributed by atoms with van der Waals surface area (Å²) in [4.78, 5) is 2.55. The van der Waals surface area contributed by atoms with Gasteiger partial charge in [-0.1, -0.05) is 6.07 Å². The second-order valence-electron chi connectivity index (χ2n) is 4.87. The molecular formula is C13H17FN2. The third-order valence-electron chi connectivity index (χ3n) is 3.48. The molecule has 1 aliphatic carbocycles. The van der Waals surface area contributed by atoms with Crippen molar-refractivity contribution in [1.29, 1.82) is 0 Å². The lowest BCUT2D eigenvalue weighted by molar-refractivity contribution is 0.326. The Morgan fingerprint density at radius 1 is 1.25 bits per heavy atom. The van der Waals surface area contributed by atoms with Gasteiger partial charge in [-0.2, -0.15) is 0 Å². The maximum atomic E-state index is 13.0. The van der Waals surface area contributed by atoms with E-state index in [2.05, 4.69) is 10.2 Å². The molecule has 86 valence electrons. The van der Waals surface area contributed by atoms with Crippen LogP contribution in [-0.4, -0.2) is 30.1 Å². The minimum Gasteiger partial charge on any atom is -0.381 e. The first-order valence-electron chi connectivity index (χ1n) is 6.07. The predicted octanol–water partition coefficient (Wildman–Crippen LogP) is 2.47. The number of rotatable bonds is 3. The van der Waals surface area contributed by atoms with Gasteiger partial charge in [0.05, 0.1) is 0 Å². The standard InChI is InChI=1S/C13H17FN2/c14-10-2-1-3-11(8-10)15-12-6-7-16(9-12)13-4-5-13/h1-3,8,12-13,15H,4-7,9H2. The van der Waals surface area contributed by atoms with Crippen LogP contribution in [0.1, 0.15) is 19.3 Å². The molecule has 3 rings (SSSR count). The van der Waals surface area contributed by atoms with Crippen LogP contribution in [0.4, 0.5) is 10.1 Å². The summed E-state index contributed by atoms with van der Waals surface area (Å²) in [6.45, 7) is 2.30. The number of nitrogens with zero attached hydrogens (tertiary/aromatic N) is 1. The lowest BCUT2D eigenvalue weighted by Gasteiger charge is -2.16. The minimum atomic E-state index is -0.165. The fourth-order valence-electron chi connectivity index (χ4n) is 2.49. The largest absolute Gasteiger partial charge is 0.381 e. The van der Waals surface area contributed by atoms with E-state index in [1.54, 1.807) is 12.1 Å². The van der Waals surface area contributed by atoms with Crippen LogP contribution in [-0.2, 0) is 0 Å². The lowest BCUT2D eigenvalue weighted by atomic mass is 10.2. The van der Waals surface area contributed by atoms with E-state index in [-0.39, 0.29) is 5.82 Å². The normalized spacial score (nSPS) is 25.9. The van der Waals surface area contributed by atoms with Gasteiger partial charge in [-0.3, -0.25) is 4.90 Å². The van der Waals surface area contributed by atoms with Crippen LogP contribution in [0.15, 0.2) is 24.3 Å². The number of halogens is 1. The Morgan fingerprint density at radius 2 is 2.12 bits per heavy atom. The van der Waals surface area contributed by atoms with Crippen LogP contribution in [0.3, 0.4) is 0 Å². The van der Waals surface area contributed by atoms with Crippen LogP contribution in [0.5, 0.6) is 0 Å². The number of hydrogen-bond acceptors (Lipinski definition) is 2. The molecule has 1 N–H and O–H groups in total. The topological polar surface area (TPSA) is 15.3 Å². The molecule has 1 aromatic rings. The molecule has 1 saturated heterocycles. The van der Waals surface area contributed by atoms with Gasteiger partial charge in [0, 0.05) is 30.9 Å². The average Bonchev–Trinajstić information content (AvgIpc) is 3.01. The van der Waals surface area contributed by atoms with E-state index >= 15 is 0 Å². The van der Waals surface area contributed by atoms with Gasteiger partial charge in [-0.05, 0) is 37.5 Å². The summed E-state index contributed by atoms with van der Waals surface area (Å²) < 4.78 is 13.0. The van der Waals surface area contributed by atoms with Crippen molar-refractivity contribution < 1.29 is 4.39 Å². The van der Waals surface area contributed by atoms with E-state index in [1.165, 1.54) is 31.9 Å². The van der Waals surface area contributed by atoms with Crippen molar-refractivity contribution in [2.75, 3.05) is 18.4 Å². The molecular weight excluding hydrogens is 203 g/mol. The molecule has 1 saturated carbocycles. The molecule has 1 atom stereocenters. The van der Waals surface area contributed by atoms with Gasteiger partial charge in [0.1, 0.15) is 5.82 Å². The summed E-state index contributed by atoms with van der Waals surface area (Å²) in [5.74, 6) is -0.165. The quantitative estimate of drug-likeness (QED) is 0.841. The van der Waals surface area contributed by atoms with Gasteiger partial charge < -0.3 is 5.32 Å². The Balaban J connectivity index is 1.59. The monoisotopic (exact) mass is 220 g/mol. The molecule has 1 heterocycles. The van der Waals surface area contributed by atoms with E-state index < -0.39 is 0 Å². The second-order valence-corrected chi connectivity index (χ2v) is 4.87. The van der Waals surface area contributed by atoms with Crippen molar-refractivity contribution in [2.45, 2.75) is 31.3 Å². The van der Waals surface area contributed by atoms with Gasteiger partial charge >= 0.3 is 0 Å². The fraction of sp³-hybridized carbons (Fsp3) is 0.538. The van der Waals surface area contributed by atoms with Crippen LogP contribution < -0.4 is 5.32 Å². The van der Waals surface area contributed by atoms with Gasteiger partial charge in [-0.25, -0.2) is 4.39 Å². The zero-order chi connectivity index (χ0) is 11.0. The predicted molar refractivity (Wildman–Crippen MR) is 63.0 cm³/mol. The maximum absolute atomic E-state index is 13.0. The Bertz CT molecular complexity index is 376. The number of nitrogens with one attached hydrogen (secondary N) is 1. The highest BCUT2D eigenvalue weighted by Gasteiger charge is 2.34. The Kier molecular flexibility index (Phi) is 2.56. The smallest absolute Gasteiger partial charge is 0.125 e. The SMILES string of the molecule is Fc1cccc(NC2CCN(C3CC3)C2)c1. The maximum Gasteiger partial charge on any atom is 0.125 e. The van der Waals surface area contributed by atoms with Crippen LogP contribution in [0, 0.1) is 5.82 Å². The van der Waals surface area contributed by atoms with E-state index in [1.807, 2.05) is 6.07 Å². The molecule has 2 aliphatic rings. The van der Waals surface area contributed by atoms with E-state index in [0.717, 1.165) is 18.3 Å². The highest BCUT2D eigenvalue weighted by atomic mass is 19.1. The minimum absolute atomic E-state index is 0.165. The lowest BCUT2D eigenvalue weighted by Crippen LogP contribution is -2.27. The van der Waals surface area contributed by atoms with Crippen LogP contribution in [0.25, 0.3) is 0 Å². The molecule has 1 aliphatic heterocycles. The Hall–Kier alpha value is -1.09. The van der Waals surface area contributed by atoms with Gasteiger partial charge in [0.2, 0.25) is 0 Å². The molecule has 1 aromatic carbocycles. The molecule has 0 amide bonds. The van der Waals surface area contributed by atoms with Crippen LogP contribution in [0.2, 0.25) is 0 Å². The summed E-state index contributed by atoms with van der Waals surface area (Å²) in [5.41, 5.74) is 0.905. The average molecular weight is 220 g/mol.